The first-order valence-electron chi connectivity index (χ1n) is 11.1. The zero-order valence-corrected chi connectivity index (χ0v) is 18.8. The molecule has 0 unspecified atom stereocenters. The molecule has 0 amide bonds. The normalized spacial score (nSPS) is 12.0. The van der Waals surface area contributed by atoms with Gasteiger partial charge in [0.15, 0.2) is 0 Å². The Morgan fingerprint density at radius 1 is 0.548 bits per heavy atom. The highest BCUT2D eigenvalue weighted by Gasteiger charge is 2.23. The maximum atomic E-state index is 11.0. The van der Waals surface area contributed by atoms with E-state index in [4.69, 9.17) is 0 Å². The second kappa shape index (κ2) is 8.91. The van der Waals surface area contributed by atoms with Gasteiger partial charge in [-0.3, -0.25) is 0 Å². The Bertz CT molecular complexity index is 1220. The lowest BCUT2D eigenvalue weighted by Crippen LogP contribution is -2.03. The Balaban J connectivity index is 2.20. The van der Waals surface area contributed by atoms with E-state index < -0.39 is 6.10 Å². The van der Waals surface area contributed by atoms with Gasteiger partial charge in [-0.25, -0.2) is 0 Å². The Morgan fingerprint density at radius 2 is 1.00 bits per heavy atom. The lowest BCUT2D eigenvalue weighted by atomic mass is 9.80. The molecule has 1 nitrogen and oxygen atoms in total. The van der Waals surface area contributed by atoms with E-state index in [1.807, 2.05) is 6.92 Å². The molecule has 0 heterocycles. The summed E-state index contributed by atoms with van der Waals surface area (Å²) >= 11 is 0. The van der Waals surface area contributed by atoms with Gasteiger partial charge < -0.3 is 5.11 Å². The highest BCUT2D eigenvalue weighted by atomic mass is 16.3. The van der Waals surface area contributed by atoms with Gasteiger partial charge in [0, 0.05) is 0 Å². The van der Waals surface area contributed by atoms with Crippen molar-refractivity contribution < 1.29 is 5.11 Å². The van der Waals surface area contributed by atoms with Crippen LogP contribution >= 0.6 is 0 Å². The van der Waals surface area contributed by atoms with E-state index in [2.05, 4.69) is 106 Å². The number of benzene rings is 4. The summed E-state index contributed by atoms with van der Waals surface area (Å²) in [6, 6.07) is 29.9. The highest BCUT2D eigenvalue weighted by molar-refractivity contribution is 5.98. The molecule has 1 N–H and O–H groups in total. The molecule has 31 heavy (non-hydrogen) atoms. The predicted molar refractivity (Wildman–Crippen MR) is 132 cm³/mol. The molecule has 0 aliphatic carbocycles. The van der Waals surface area contributed by atoms with E-state index in [1.54, 1.807) is 0 Å². The van der Waals surface area contributed by atoms with Gasteiger partial charge in [-0.05, 0) is 82.8 Å². The average Bonchev–Trinajstić information content (AvgIpc) is 2.79. The molecule has 0 bridgehead atoms. The zero-order valence-electron chi connectivity index (χ0n) is 18.8. The first-order chi connectivity index (χ1) is 15.0. The molecule has 0 saturated heterocycles. The summed E-state index contributed by atoms with van der Waals surface area (Å²) in [6.45, 7) is 8.52. The molecule has 0 aromatic heterocycles. The maximum Gasteiger partial charge on any atom is 0.0793 e. The molecular weight excluding hydrogens is 376 g/mol. The quantitative estimate of drug-likeness (QED) is 0.355. The lowest BCUT2D eigenvalue weighted by molar-refractivity contribution is 0.174. The van der Waals surface area contributed by atoms with Gasteiger partial charge >= 0.3 is 0 Å². The van der Waals surface area contributed by atoms with Crippen molar-refractivity contribution in [2.24, 2.45) is 0 Å². The van der Waals surface area contributed by atoms with Crippen LogP contribution in [0.25, 0.3) is 33.4 Å². The summed E-state index contributed by atoms with van der Waals surface area (Å²) in [5.41, 5.74) is 11.9. The molecule has 0 saturated carbocycles. The van der Waals surface area contributed by atoms with Crippen LogP contribution in [0.1, 0.15) is 41.7 Å². The maximum absolute atomic E-state index is 11.0. The molecular formula is C30H30O. The summed E-state index contributed by atoms with van der Waals surface area (Å²) in [5, 5.41) is 11.0. The summed E-state index contributed by atoms with van der Waals surface area (Å²) in [7, 11) is 0. The van der Waals surface area contributed by atoms with E-state index in [1.165, 1.54) is 44.5 Å². The molecule has 156 valence electrons. The molecule has 4 aromatic carbocycles. The number of aryl methyl sites for hydroxylation is 3. The van der Waals surface area contributed by atoms with Gasteiger partial charge in [-0.2, -0.15) is 0 Å². The molecule has 0 aliphatic rings. The number of hydrogen-bond acceptors (Lipinski definition) is 1. The van der Waals surface area contributed by atoms with E-state index >= 15 is 0 Å². The number of rotatable bonds is 5. The van der Waals surface area contributed by atoms with Crippen molar-refractivity contribution in [2.45, 2.75) is 40.2 Å². The van der Waals surface area contributed by atoms with E-state index in [9.17, 15) is 5.11 Å². The van der Waals surface area contributed by atoms with Crippen LogP contribution in [0.4, 0.5) is 0 Å². The second-order valence-electron chi connectivity index (χ2n) is 8.32. The predicted octanol–water partition coefficient (Wildman–Crippen LogP) is 8.06. The highest BCUT2D eigenvalue weighted by Crippen LogP contribution is 2.46. The fourth-order valence-corrected chi connectivity index (χ4v) is 4.49. The van der Waals surface area contributed by atoms with Gasteiger partial charge in [-0.1, -0.05) is 91.9 Å². The van der Waals surface area contributed by atoms with Crippen molar-refractivity contribution in [3.63, 3.8) is 0 Å². The molecule has 4 rings (SSSR count). The Hall–Kier alpha value is -3.16. The first-order valence-corrected chi connectivity index (χ1v) is 11.1. The summed E-state index contributed by atoms with van der Waals surface area (Å²) in [4.78, 5) is 0. The molecule has 0 radical (unpaired) electrons. The molecule has 4 aromatic rings. The van der Waals surface area contributed by atoms with Crippen molar-refractivity contribution >= 4 is 0 Å². The third-order valence-corrected chi connectivity index (χ3v) is 6.25. The van der Waals surface area contributed by atoms with Gasteiger partial charge in [-0.15, -0.1) is 0 Å². The van der Waals surface area contributed by atoms with E-state index in [0.29, 0.717) is 6.42 Å². The Kier molecular flexibility index (Phi) is 6.06. The Morgan fingerprint density at radius 3 is 1.48 bits per heavy atom. The van der Waals surface area contributed by atoms with Crippen molar-refractivity contribution in [1.82, 2.24) is 0 Å². The molecule has 1 heteroatoms. The standard InChI is InChI=1S/C30H30O/c1-5-28(31)27-19-18-26(23-15-9-6-12-20(23)2)29(24-16-10-7-13-21(24)3)30(27)25-17-11-8-14-22(25)4/h6-19,28,31H,5H2,1-4H3/t28-/m0/s1. The van der Waals surface area contributed by atoms with Crippen LogP contribution in [0.15, 0.2) is 84.9 Å². The third-order valence-electron chi connectivity index (χ3n) is 6.25. The van der Waals surface area contributed by atoms with E-state index in [0.717, 1.165) is 11.1 Å². The second-order valence-corrected chi connectivity index (χ2v) is 8.32. The van der Waals surface area contributed by atoms with Crippen LogP contribution in [-0.4, -0.2) is 5.11 Å². The zero-order chi connectivity index (χ0) is 22.0. The smallest absolute Gasteiger partial charge is 0.0793 e. The van der Waals surface area contributed by atoms with Crippen molar-refractivity contribution in [3.8, 4) is 33.4 Å². The third kappa shape index (κ3) is 3.94. The molecule has 0 fully saturated rings. The van der Waals surface area contributed by atoms with Crippen LogP contribution in [0.3, 0.4) is 0 Å². The molecule has 0 spiro atoms. The van der Waals surface area contributed by atoms with Gasteiger partial charge in [0.25, 0.3) is 0 Å². The number of hydrogen-bond donors (Lipinski definition) is 1. The Labute approximate surface area is 186 Å². The lowest BCUT2D eigenvalue weighted by Gasteiger charge is -2.24. The number of aliphatic hydroxyl groups is 1. The monoisotopic (exact) mass is 406 g/mol. The SMILES string of the molecule is CC[C@H](O)c1ccc(-c2ccccc2C)c(-c2ccccc2C)c1-c1ccccc1C. The first kappa shape index (κ1) is 21.1. The minimum Gasteiger partial charge on any atom is -0.388 e. The van der Waals surface area contributed by atoms with Crippen molar-refractivity contribution in [3.05, 3.63) is 107 Å². The largest absolute Gasteiger partial charge is 0.388 e. The van der Waals surface area contributed by atoms with Crippen LogP contribution in [0.2, 0.25) is 0 Å². The topological polar surface area (TPSA) is 20.2 Å². The van der Waals surface area contributed by atoms with Gasteiger partial charge in [0.05, 0.1) is 6.10 Å². The fraction of sp³-hybridized carbons (Fsp3) is 0.200. The van der Waals surface area contributed by atoms with Crippen LogP contribution in [0.5, 0.6) is 0 Å². The van der Waals surface area contributed by atoms with Gasteiger partial charge in [0.2, 0.25) is 0 Å². The number of aliphatic hydroxyl groups excluding tert-OH is 1. The van der Waals surface area contributed by atoms with Crippen molar-refractivity contribution in [2.75, 3.05) is 0 Å². The van der Waals surface area contributed by atoms with Crippen molar-refractivity contribution in [1.29, 1.82) is 0 Å². The summed E-state index contributed by atoms with van der Waals surface area (Å²) < 4.78 is 0. The minimum atomic E-state index is -0.511. The van der Waals surface area contributed by atoms with Crippen LogP contribution in [-0.2, 0) is 0 Å². The molecule has 1 atom stereocenters. The van der Waals surface area contributed by atoms with Crippen LogP contribution < -0.4 is 0 Å². The fourth-order valence-electron chi connectivity index (χ4n) is 4.49. The average molecular weight is 407 g/mol. The summed E-state index contributed by atoms with van der Waals surface area (Å²) in [5.74, 6) is 0. The summed E-state index contributed by atoms with van der Waals surface area (Å²) in [6.07, 6.45) is 0.166. The van der Waals surface area contributed by atoms with E-state index in [-0.39, 0.29) is 0 Å². The minimum absolute atomic E-state index is 0.511. The molecule has 0 aliphatic heterocycles. The van der Waals surface area contributed by atoms with Gasteiger partial charge in [0.1, 0.15) is 0 Å². The van der Waals surface area contributed by atoms with Crippen LogP contribution in [0, 0.1) is 20.8 Å².